The monoisotopic (exact) mass is 288 g/mol. The summed E-state index contributed by atoms with van der Waals surface area (Å²) in [5.41, 5.74) is 2.94. The zero-order chi connectivity index (χ0) is 14.8. The van der Waals surface area contributed by atoms with Crippen LogP contribution in [0.5, 0.6) is 0 Å². The molecule has 0 spiro atoms. The molecule has 5 heteroatoms. The van der Waals surface area contributed by atoms with Crippen LogP contribution in [0.25, 0.3) is 11.1 Å². The summed E-state index contributed by atoms with van der Waals surface area (Å²) in [6.07, 6.45) is 2.27. The van der Waals surface area contributed by atoms with Gasteiger partial charge in [-0.2, -0.15) is 0 Å². The number of oxazole rings is 1. The number of nitrogens with zero attached hydrogens (tertiary/aromatic N) is 2. The van der Waals surface area contributed by atoms with Crippen LogP contribution in [0.3, 0.4) is 0 Å². The van der Waals surface area contributed by atoms with Gasteiger partial charge < -0.3 is 9.52 Å². The Morgan fingerprint density at radius 2 is 2.19 bits per heavy atom. The second-order valence-electron chi connectivity index (χ2n) is 5.65. The van der Waals surface area contributed by atoms with E-state index in [0.717, 1.165) is 55.9 Å². The van der Waals surface area contributed by atoms with E-state index in [-0.39, 0.29) is 5.92 Å². The van der Waals surface area contributed by atoms with Gasteiger partial charge in [0.1, 0.15) is 5.52 Å². The molecule has 21 heavy (non-hydrogen) atoms. The van der Waals surface area contributed by atoms with Crippen LogP contribution in [-0.4, -0.2) is 34.0 Å². The van der Waals surface area contributed by atoms with Gasteiger partial charge >= 0.3 is 5.97 Å². The average molecular weight is 288 g/mol. The molecule has 0 bridgehead atoms. The molecule has 2 aromatic rings. The maximum Gasteiger partial charge on any atom is 0.306 e. The number of carbonyl (C=O) groups is 1. The molecule has 0 unspecified atom stereocenters. The summed E-state index contributed by atoms with van der Waals surface area (Å²) in [4.78, 5) is 17.7. The molecule has 0 amide bonds. The molecule has 0 atom stereocenters. The third-order valence-electron chi connectivity index (χ3n) is 4.14. The van der Waals surface area contributed by atoms with E-state index in [1.54, 1.807) is 0 Å². The number of hydrogen-bond acceptors (Lipinski definition) is 4. The Morgan fingerprint density at radius 1 is 1.43 bits per heavy atom. The van der Waals surface area contributed by atoms with Crippen molar-refractivity contribution >= 4 is 17.1 Å². The van der Waals surface area contributed by atoms with E-state index >= 15 is 0 Å². The number of rotatable bonds is 4. The van der Waals surface area contributed by atoms with E-state index in [1.165, 1.54) is 5.56 Å². The molecule has 0 saturated carbocycles. The van der Waals surface area contributed by atoms with Crippen molar-refractivity contribution in [3.05, 3.63) is 29.7 Å². The topological polar surface area (TPSA) is 66.6 Å². The van der Waals surface area contributed by atoms with Gasteiger partial charge in [0.05, 0.1) is 5.92 Å². The fraction of sp³-hybridized carbons (Fsp3) is 0.500. The predicted molar refractivity (Wildman–Crippen MR) is 79.0 cm³/mol. The van der Waals surface area contributed by atoms with Crippen molar-refractivity contribution in [1.82, 2.24) is 9.88 Å². The van der Waals surface area contributed by atoms with Crippen LogP contribution in [0, 0.1) is 5.92 Å². The molecular formula is C16H20N2O3. The van der Waals surface area contributed by atoms with Crippen LogP contribution >= 0.6 is 0 Å². The number of likely N-dealkylation sites (tertiary alicyclic amines) is 1. The number of aliphatic carboxylic acids is 1. The molecule has 1 saturated heterocycles. The highest BCUT2D eigenvalue weighted by molar-refractivity contribution is 5.73. The van der Waals surface area contributed by atoms with Gasteiger partial charge in [0.2, 0.25) is 0 Å². The number of piperidine rings is 1. The first-order valence-corrected chi connectivity index (χ1v) is 7.49. The lowest BCUT2D eigenvalue weighted by Crippen LogP contribution is -2.35. The normalized spacial score (nSPS) is 17.4. The first kappa shape index (κ1) is 14.1. The SMILES string of the molecule is CCc1nc2cc(CN3CCC(C(=O)O)CC3)ccc2o1. The van der Waals surface area contributed by atoms with Gasteiger partial charge in [0.25, 0.3) is 0 Å². The minimum Gasteiger partial charge on any atom is -0.481 e. The quantitative estimate of drug-likeness (QED) is 0.937. The number of fused-ring (bicyclic) bond motifs is 1. The van der Waals surface area contributed by atoms with Gasteiger partial charge in [-0.15, -0.1) is 0 Å². The van der Waals surface area contributed by atoms with Crippen LogP contribution in [0.1, 0.15) is 31.2 Å². The fourth-order valence-corrected chi connectivity index (χ4v) is 2.87. The molecule has 1 fully saturated rings. The van der Waals surface area contributed by atoms with Crippen molar-refractivity contribution < 1.29 is 14.3 Å². The number of benzene rings is 1. The van der Waals surface area contributed by atoms with Gasteiger partial charge in [0, 0.05) is 13.0 Å². The van der Waals surface area contributed by atoms with Gasteiger partial charge in [-0.1, -0.05) is 13.0 Å². The second-order valence-corrected chi connectivity index (χ2v) is 5.65. The molecule has 1 aromatic carbocycles. The lowest BCUT2D eigenvalue weighted by atomic mass is 9.97. The molecule has 5 nitrogen and oxygen atoms in total. The predicted octanol–water partition coefficient (Wildman–Crippen LogP) is 2.69. The summed E-state index contributed by atoms with van der Waals surface area (Å²) in [5.74, 6) is -0.0680. The van der Waals surface area contributed by atoms with E-state index in [1.807, 2.05) is 13.0 Å². The average Bonchev–Trinajstić information content (AvgIpc) is 2.90. The van der Waals surface area contributed by atoms with Gasteiger partial charge in [-0.25, -0.2) is 4.98 Å². The number of aromatic nitrogens is 1. The summed E-state index contributed by atoms with van der Waals surface area (Å²) in [5, 5.41) is 9.02. The Balaban J connectivity index is 1.66. The lowest BCUT2D eigenvalue weighted by Gasteiger charge is -2.29. The molecule has 1 aromatic heterocycles. The molecule has 1 N–H and O–H groups in total. The van der Waals surface area contributed by atoms with Gasteiger partial charge in [0.15, 0.2) is 11.5 Å². The van der Waals surface area contributed by atoms with Gasteiger partial charge in [-0.05, 0) is 43.6 Å². The number of hydrogen-bond donors (Lipinski definition) is 1. The smallest absolute Gasteiger partial charge is 0.306 e. The summed E-state index contributed by atoms with van der Waals surface area (Å²) in [7, 11) is 0. The number of carboxylic acid groups (broad SMARTS) is 1. The minimum absolute atomic E-state index is 0.175. The fourth-order valence-electron chi connectivity index (χ4n) is 2.87. The summed E-state index contributed by atoms with van der Waals surface area (Å²) < 4.78 is 5.61. The van der Waals surface area contributed by atoms with E-state index in [2.05, 4.69) is 22.0 Å². The lowest BCUT2D eigenvalue weighted by molar-refractivity contribution is -0.143. The minimum atomic E-state index is -0.661. The zero-order valence-corrected chi connectivity index (χ0v) is 12.2. The van der Waals surface area contributed by atoms with Crippen molar-refractivity contribution in [1.29, 1.82) is 0 Å². The van der Waals surface area contributed by atoms with Crippen molar-refractivity contribution in [3.63, 3.8) is 0 Å². The Bertz CT molecular complexity index is 642. The van der Waals surface area contributed by atoms with E-state index in [9.17, 15) is 4.79 Å². The van der Waals surface area contributed by atoms with Gasteiger partial charge in [-0.3, -0.25) is 9.69 Å². The number of aryl methyl sites for hydroxylation is 1. The number of carboxylic acids is 1. The van der Waals surface area contributed by atoms with Crippen molar-refractivity contribution in [3.8, 4) is 0 Å². The molecular weight excluding hydrogens is 268 g/mol. The Labute approximate surface area is 123 Å². The molecule has 2 heterocycles. The molecule has 3 rings (SSSR count). The molecule has 112 valence electrons. The third-order valence-corrected chi connectivity index (χ3v) is 4.14. The Hall–Kier alpha value is -1.88. The van der Waals surface area contributed by atoms with Crippen molar-refractivity contribution in [2.45, 2.75) is 32.7 Å². The highest BCUT2D eigenvalue weighted by Crippen LogP contribution is 2.22. The summed E-state index contributed by atoms with van der Waals surface area (Å²) in [6.45, 7) is 4.55. The Kier molecular flexibility index (Phi) is 3.92. The van der Waals surface area contributed by atoms with E-state index < -0.39 is 5.97 Å². The largest absolute Gasteiger partial charge is 0.481 e. The molecule has 1 aliphatic rings. The van der Waals surface area contributed by atoms with Crippen molar-refractivity contribution in [2.24, 2.45) is 5.92 Å². The van der Waals surface area contributed by atoms with Crippen LogP contribution in [0.15, 0.2) is 22.6 Å². The summed E-state index contributed by atoms with van der Waals surface area (Å²) in [6, 6.07) is 6.11. The molecule has 0 aliphatic carbocycles. The van der Waals surface area contributed by atoms with E-state index in [4.69, 9.17) is 9.52 Å². The first-order valence-electron chi connectivity index (χ1n) is 7.49. The zero-order valence-electron chi connectivity index (χ0n) is 12.2. The Morgan fingerprint density at radius 3 is 2.86 bits per heavy atom. The summed E-state index contributed by atoms with van der Waals surface area (Å²) >= 11 is 0. The first-order chi connectivity index (χ1) is 10.2. The second kappa shape index (κ2) is 5.85. The highest BCUT2D eigenvalue weighted by Gasteiger charge is 2.24. The van der Waals surface area contributed by atoms with Crippen molar-refractivity contribution in [2.75, 3.05) is 13.1 Å². The van der Waals surface area contributed by atoms with Crippen LogP contribution in [0.4, 0.5) is 0 Å². The molecule has 1 aliphatic heterocycles. The van der Waals surface area contributed by atoms with Crippen LogP contribution < -0.4 is 0 Å². The highest BCUT2D eigenvalue weighted by atomic mass is 16.4. The maximum absolute atomic E-state index is 11.0. The molecule has 0 radical (unpaired) electrons. The van der Waals surface area contributed by atoms with Crippen LogP contribution in [0.2, 0.25) is 0 Å². The van der Waals surface area contributed by atoms with E-state index in [0.29, 0.717) is 0 Å². The standard InChI is InChI=1S/C16H20N2O3/c1-2-15-17-13-9-11(3-4-14(13)21-15)10-18-7-5-12(6-8-18)16(19)20/h3-4,9,12H,2,5-8,10H2,1H3,(H,19,20). The third kappa shape index (κ3) is 3.08. The maximum atomic E-state index is 11.0. The van der Waals surface area contributed by atoms with Crippen LogP contribution in [-0.2, 0) is 17.8 Å².